The van der Waals surface area contributed by atoms with E-state index < -0.39 is 0 Å². The lowest BCUT2D eigenvalue weighted by molar-refractivity contribution is 0.0664. The zero-order chi connectivity index (χ0) is 13.1. The Balaban J connectivity index is 0.00000180. The lowest BCUT2D eigenvalue weighted by atomic mass is 9.98. The van der Waals surface area contributed by atoms with Crippen LogP contribution in [0.25, 0.3) is 0 Å². The van der Waals surface area contributed by atoms with Crippen molar-refractivity contribution in [3.8, 4) is 0 Å². The van der Waals surface area contributed by atoms with Gasteiger partial charge in [0.2, 0.25) is 0 Å². The van der Waals surface area contributed by atoms with Crippen LogP contribution in [0.15, 0.2) is 12.3 Å². The molecule has 1 aliphatic rings. The maximum atomic E-state index is 12.4. The second-order valence-corrected chi connectivity index (χ2v) is 5.41. The van der Waals surface area contributed by atoms with Crippen LogP contribution in [0.1, 0.15) is 23.3 Å². The van der Waals surface area contributed by atoms with Gasteiger partial charge in [-0.25, -0.2) is 0 Å². The van der Waals surface area contributed by atoms with Crippen LogP contribution in [0, 0.1) is 5.92 Å². The van der Waals surface area contributed by atoms with Crippen molar-refractivity contribution in [2.75, 3.05) is 26.7 Å². The minimum absolute atomic E-state index is 0. The summed E-state index contributed by atoms with van der Waals surface area (Å²) in [6.45, 7) is 2.65. The van der Waals surface area contributed by atoms with E-state index in [-0.39, 0.29) is 18.3 Å². The van der Waals surface area contributed by atoms with Gasteiger partial charge in [0.25, 0.3) is 5.91 Å². The lowest BCUT2D eigenvalue weighted by Crippen LogP contribution is -2.43. The van der Waals surface area contributed by atoms with Gasteiger partial charge in [-0.05, 0) is 38.4 Å². The van der Waals surface area contributed by atoms with Gasteiger partial charge in [0.05, 0.1) is 5.02 Å². The molecule has 108 valence electrons. The summed E-state index contributed by atoms with van der Waals surface area (Å²) in [5.41, 5.74) is 0.671. The van der Waals surface area contributed by atoms with E-state index in [1.165, 1.54) is 6.42 Å². The highest BCUT2D eigenvalue weighted by Gasteiger charge is 2.25. The Hall–Kier alpha value is -0.710. The van der Waals surface area contributed by atoms with E-state index in [1.807, 2.05) is 19.0 Å². The molecule has 0 saturated carbocycles. The van der Waals surface area contributed by atoms with Gasteiger partial charge in [-0.1, -0.05) is 11.6 Å². The van der Waals surface area contributed by atoms with E-state index in [1.54, 1.807) is 16.8 Å². The number of amides is 1. The molecule has 1 atom stereocenters. The molecule has 0 spiro atoms. The average Bonchev–Trinajstić information content (AvgIpc) is 2.68. The Morgan fingerprint density at radius 2 is 2.32 bits per heavy atom. The number of nitrogens with zero attached hydrogens (tertiary/aromatic N) is 2. The van der Waals surface area contributed by atoms with Crippen LogP contribution in [-0.2, 0) is 7.05 Å². The Labute approximate surface area is 125 Å². The maximum absolute atomic E-state index is 12.4. The molecule has 2 rings (SSSR count). The number of aromatic nitrogens is 1. The fourth-order valence-electron chi connectivity index (χ4n) is 2.60. The normalized spacial score (nSPS) is 19.1. The molecule has 1 amide bonds. The SMILES string of the molecule is CNCC1CCCN(C(=O)c2cc(Cl)cn2C)C1.Cl. The first-order valence-corrected chi connectivity index (χ1v) is 6.75. The molecule has 1 N–H and O–H groups in total. The van der Waals surface area contributed by atoms with Crippen LogP contribution in [0.4, 0.5) is 0 Å². The van der Waals surface area contributed by atoms with Crippen LogP contribution in [0.5, 0.6) is 0 Å². The summed E-state index contributed by atoms with van der Waals surface area (Å²) in [5, 5.41) is 3.80. The van der Waals surface area contributed by atoms with Crippen molar-refractivity contribution in [2.45, 2.75) is 12.8 Å². The molecule has 1 unspecified atom stereocenters. The van der Waals surface area contributed by atoms with Crippen molar-refractivity contribution < 1.29 is 4.79 Å². The zero-order valence-electron chi connectivity index (χ0n) is 11.4. The van der Waals surface area contributed by atoms with Gasteiger partial charge in [-0.15, -0.1) is 12.4 Å². The number of hydrogen-bond acceptors (Lipinski definition) is 2. The lowest BCUT2D eigenvalue weighted by Gasteiger charge is -2.32. The van der Waals surface area contributed by atoms with Crippen LogP contribution in [-0.4, -0.2) is 42.1 Å². The molecule has 1 aliphatic heterocycles. The number of halogens is 2. The first kappa shape index (κ1) is 16.3. The van der Waals surface area contributed by atoms with Crippen molar-refractivity contribution in [3.05, 3.63) is 23.0 Å². The second kappa shape index (κ2) is 7.17. The van der Waals surface area contributed by atoms with Crippen molar-refractivity contribution in [1.29, 1.82) is 0 Å². The van der Waals surface area contributed by atoms with E-state index in [0.717, 1.165) is 26.1 Å². The first-order chi connectivity index (χ1) is 8.61. The summed E-state index contributed by atoms with van der Waals surface area (Å²) >= 11 is 5.93. The summed E-state index contributed by atoms with van der Waals surface area (Å²) in [7, 11) is 3.81. The molecule has 1 saturated heterocycles. The van der Waals surface area contributed by atoms with Gasteiger partial charge in [0.1, 0.15) is 5.69 Å². The Kier molecular flexibility index (Phi) is 6.17. The second-order valence-electron chi connectivity index (χ2n) is 4.97. The maximum Gasteiger partial charge on any atom is 0.270 e. The molecule has 0 radical (unpaired) electrons. The Bertz CT molecular complexity index is 432. The van der Waals surface area contributed by atoms with Crippen LogP contribution >= 0.6 is 24.0 Å². The number of piperidine rings is 1. The molecule has 0 aliphatic carbocycles. The van der Waals surface area contributed by atoms with Crippen LogP contribution < -0.4 is 5.32 Å². The minimum atomic E-state index is 0. The Morgan fingerprint density at radius 3 is 2.89 bits per heavy atom. The third-order valence-electron chi connectivity index (χ3n) is 3.49. The topological polar surface area (TPSA) is 37.3 Å². The highest BCUT2D eigenvalue weighted by molar-refractivity contribution is 6.31. The number of rotatable bonds is 3. The third-order valence-corrected chi connectivity index (χ3v) is 3.70. The summed E-state index contributed by atoms with van der Waals surface area (Å²) < 4.78 is 1.80. The number of aryl methyl sites for hydroxylation is 1. The molecule has 2 heterocycles. The Morgan fingerprint density at radius 1 is 1.58 bits per heavy atom. The van der Waals surface area contributed by atoms with E-state index in [2.05, 4.69) is 5.32 Å². The fraction of sp³-hybridized carbons (Fsp3) is 0.615. The third kappa shape index (κ3) is 3.88. The average molecular weight is 306 g/mol. The molecule has 0 aromatic carbocycles. The molecule has 4 nitrogen and oxygen atoms in total. The van der Waals surface area contributed by atoms with Crippen LogP contribution in [0.3, 0.4) is 0 Å². The van der Waals surface area contributed by atoms with Gasteiger partial charge < -0.3 is 14.8 Å². The number of likely N-dealkylation sites (tertiary alicyclic amines) is 1. The standard InChI is InChI=1S/C13H20ClN3O.ClH/c1-15-7-10-4-3-5-17(8-10)13(18)12-6-11(14)9-16(12)2;/h6,9-10,15H,3-5,7-8H2,1-2H3;1H. The quantitative estimate of drug-likeness (QED) is 0.929. The summed E-state index contributed by atoms with van der Waals surface area (Å²) in [6.07, 6.45) is 4.04. The van der Waals surface area contributed by atoms with Gasteiger partial charge >= 0.3 is 0 Å². The van der Waals surface area contributed by atoms with Gasteiger partial charge in [-0.2, -0.15) is 0 Å². The number of carbonyl (C=O) groups excluding carboxylic acids is 1. The molecule has 1 aromatic heterocycles. The van der Waals surface area contributed by atoms with Crippen LogP contribution in [0.2, 0.25) is 5.02 Å². The zero-order valence-corrected chi connectivity index (χ0v) is 12.9. The largest absolute Gasteiger partial charge is 0.345 e. The summed E-state index contributed by atoms with van der Waals surface area (Å²) in [5.74, 6) is 0.647. The number of nitrogens with one attached hydrogen (secondary N) is 1. The smallest absolute Gasteiger partial charge is 0.270 e. The van der Waals surface area contributed by atoms with E-state index in [4.69, 9.17) is 11.6 Å². The fourth-order valence-corrected chi connectivity index (χ4v) is 2.85. The highest BCUT2D eigenvalue weighted by atomic mass is 35.5. The van der Waals surface area contributed by atoms with Crippen molar-refractivity contribution in [2.24, 2.45) is 13.0 Å². The van der Waals surface area contributed by atoms with E-state index >= 15 is 0 Å². The van der Waals surface area contributed by atoms with E-state index in [9.17, 15) is 4.79 Å². The van der Waals surface area contributed by atoms with E-state index in [0.29, 0.717) is 16.6 Å². The van der Waals surface area contributed by atoms with Gasteiger partial charge in [0, 0.05) is 26.3 Å². The van der Waals surface area contributed by atoms with Crippen molar-refractivity contribution in [3.63, 3.8) is 0 Å². The number of hydrogen-bond donors (Lipinski definition) is 1. The number of carbonyl (C=O) groups is 1. The highest BCUT2D eigenvalue weighted by Crippen LogP contribution is 2.20. The predicted molar refractivity (Wildman–Crippen MR) is 80.2 cm³/mol. The molecule has 0 bridgehead atoms. The molecular formula is C13H21Cl2N3O. The summed E-state index contributed by atoms with van der Waals surface area (Å²) in [4.78, 5) is 14.4. The molecular weight excluding hydrogens is 285 g/mol. The molecule has 1 fully saturated rings. The first-order valence-electron chi connectivity index (χ1n) is 6.37. The van der Waals surface area contributed by atoms with Crippen molar-refractivity contribution in [1.82, 2.24) is 14.8 Å². The molecule has 6 heteroatoms. The minimum Gasteiger partial charge on any atom is -0.345 e. The monoisotopic (exact) mass is 305 g/mol. The predicted octanol–water partition coefficient (Wildman–Crippen LogP) is 2.17. The molecule has 19 heavy (non-hydrogen) atoms. The van der Waals surface area contributed by atoms with Gasteiger partial charge in [0.15, 0.2) is 0 Å². The van der Waals surface area contributed by atoms with Crippen molar-refractivity contribution >= 4 is 29.9 Å². The van der Waals surface area contributed by atoms with Gasteiger partial charge in [-0.3, -0.25) is 4.79 Å². The summed E-state index contributed by atoms with van der Waals surface area (Å²) in [6, 6.07) is 1.74. The molecule has 1 aromatic rings.